The van der Waals surface area contributed by atoms with Crippen LogP contribution in [0.3, 0.4) is 0 Å². The van der Waals surface area contributed by atoms with Crippen LogP contribution in [-0.2, 0) is 16.2 Å². The first-order valence-electron chi connectivity index (χ1n) is 14.8. The summed E-state index contributed by atoms with van der Waals surface area (Å²) < 4.78 is 6.65. The Kier molecular flexibility index (Phi) is 10.5. The Morgan fingerprint density at radius 3 is 1.30 bits per heavy atom. The molecule has 0 aliphatic carbocycles. The second-order valence-corrected chi connectivity index (χ2v) is 24.2. The zero-order valence-corrected chi connectivity index (χ0v) is 31.7. The van der Waals surface area contributed by atoms with Crippen LogP contribution in [0, 0.1) is 0 Å². The minimum absolute atomic E-state index is 0.0160. The van der Waals surface area contributed by atoms with Crippen molar-refractivity contribution in [2.75, 3.05) is 0 Å². The van der Waals surface area contributed by atoms with Gasteiger partial charge in [0.25, 0.3) is 0 Å². The average Bonchev–Trinajstić information content (AvgIpc) is 3.20. The molecule has 0 amide bonds. The van der Waals surface area contributed by atoms with E-state index >= 15 is 0 Å². The molecule has 5 nitrogen and oxygen atoms in total. The first kappa shape index (κ1) is 35.9. The summed E-state index contributed by atoms with van der Waals surface area (Å²) in [5.74, 6) is 0. The summed E-state index contributed by atoms with van der Waals surface area (Å²) in [6.45, 7) is 37.9. The van der Waals surface area contributed by atoms with Gasteiger partial charge in [-0.25, -0.2) is 0 Å². The van der Waals surface area contributed by atoms with Gasteiger partial charge in [0, 0.05) is 0 Å². The van der Waals surface area contributed by atoms with Crippen molar-refractivity contribution in [1.29, 1.82) is 0 Å². The van der Waals surface area contributed by atoms with Gasteiger partial charge < -0.3 is 0 Å². The van der Waals surface area contributed by atoms with Gasteiger partial charge in [-0.05, 0) is 0 Å². The summed E-state index contributed by atoms with van der Waals surface area (Å²) >= 11 is 16.1. The van der Waals surface area contributed by atoms with Gasteiger partial charge in [-0.15, -0.1) is 0 Å². The number of rotatable bonds is 8. The number of nitrogens with zero attached hydrogens (tertiary/aromatic N) is 5. The molecule has 0 N–H and O–H groups in total. The van der Waals surface area contributed by atoms with Gasteiger partial charge in [0.05, 0.1) is 0 Å². The number of halogens is 2. The maximum absolute atomic E-state index is 8.03. The SMILES string of the molecule is CC(C)N(C(C)C)P(Cl)(Cl)(c1nnn(-c2c(C(C)(C)C)cc(C(C)(C)C)cc2C(C)(C)C)p1)N(C(C)C)C(C)C. The predicted molar refractivity (Wildman–Crippen MR) is 182 cm³/mol. The van der Waals surface area contributed by atoms with Gasteiger partial charge in [-0.2, -0.15) is 0 Å². The predicted octanol–water partition coefficient (Wildman–Crippen LogP) is 10.3. The zero-order valence-electron chi connectivity index (χ0n) is 28.4. The molecular weight excluding hydrogens is 575 g/mol. The van der Waals surface area contributed by atoms with Gasteiger partial charge >= 0.3 is 258 Å². The molecule has 0 aliphatic heterocycles. The van der Waals surface area contributed by atoms with Crippen LogP contribution in [0.1, 0.15) is 134 Å². The van der Waals surface area contributed by atoms with Crippen LogP contribution >= 0.6 is 36.4 Å². The van der Waals surface area contributed by atoms with Crippen LogP contribution in [0.5, 0.6) is 0 Å². The third-order valence-corrected chi connectivity index (χ3v) is 17.5. The van der Waals surface area contributed by atoms with Crippen molar-refractivity contribution in [2.45, 2.75) is 158 Å². The van der Waals surface area contributed by atoms with Gasteiger partial charge in [-0.3, -0.25) is 0 Å². The van der Waals surface area contributed by atoms with Crippen LogP contribution in [0.25, 0.3) is 5.69 Å². The van der Waals surface area contributed by atoms with Crippen molar-refractivity contribution < 1.29 is 0 Å². The van der Waals surface area contributed by atoms with E-state index in [2.05, 4.69) is 139 Å². The van der Waals surface area contributed by atoms with E-state index in [1.54, 1.807) is 0 Å². The summed E-state index contributed by atoms with van der Waals surface area (Å²) in [6.07, 6.45) is 0. The first-order valence-corrected chi connectivity index (χ1v) is 19.6. The molecule has 9 heteroatoms. The number of hydrogen-bond donors (Lipinski definition) is 0. The molecule has 0 saturated carbocycles. The maximum atomic E-state index is 8.03. The van der Waals surface area contributed by atoms with Crippen LogP contribution in [-0.4, -0.2) is 48.3 Å². The van der Waals surface area contributed by atoms with Gasteiger partial charge in [0.1, 0.15) is 0 Å². The van der Waals surface area contributed by atoms with Crippen molar-refractivity contribution in [3.63, 3.8) is 0 Å². The standard InChI is InChI=1S/C31H57Cl2N5P2/c1-20(2)36(21(3)4)40(32,33,37(22(5)6)23(7)8)28-34-35-38(39-28)27-25(30(12,13)14)18-24(29(9,10)11)19-26(27)31(15,16)17/h18-23H,1-17H3. The van der Waals surface area contributed by atoms with Crippen molar-refractivity contribution in [3.05, 3.63) is 28.8 Å². The monoisotopic (exact) mass is 631 g/mol. The normalized spacial score (nSPS) is 15.5. The molecule has 0 saturated heterocycles. The molecule has 230 valence electrons. The number of hydrogen-bond acceptors (Lipinski definition) is 4. The van der Waals surface area contributed by atoms with Crippen LogP contribution in [0.4, 0.5) is 0 Å². The van der Waals surface area contributed by atoms with E-state index in [0.29, 0.717) is 0 Å². The molecule has 0 fully saturated rings. The van der Waals surface area contributed by atoms with E-state index in [-0.39, 0.29) is 40.4 Å². The van der Waals surface area contributed by atoms with E-state index < -0.39 is 5.61 Å². The molecule has 0 spiro atoms. The Hall–Kier alpha value is -0.280. The van der Waals surface area contributed by atoms with E-state index in [0.717, 1.165) is 19.2 Å². The Morgan fingerprint density at radius 2 is 1.02 bits per heavy atom. The summed E-state index contributed by atoms with van der Waals surface area (Å²) in [5, 5.41) is 10.5. The Bertz CT molecular complexity index is 1110. The van der Waals surface area contributed by atoms with Gasteiger partial charge in [0.2, 0.25) is 0 Å². The van der Waals surface area contributed by atoms with E-state index in [1.807, 2.05) is 4.44 Å². The molecule has 2 aromatic rings. The van der Waals surface area contributed by atoms with Gasteiger partial charge in [-0.1, -0.05) is 0 Å². The second kappa shape index (κ2) is 11.7. The topological polar surface area (TPSA) is 37.2 Å². The van der Waals surface area contributed by atoms with E-state index in [1.165, 1.54) is 16.7 Å². The van der Waals surface area contributed by atoms with E-state index in [4.69, 9.17) is 32.8 Å². The van der Waals surface area contributed by atoms with E-state index in [9.17, 15) is 0 Å². The quantitative estimate of drug-likeness (QED) is 0.272. The molecule has 0 bridgehead atoms. The number of aromatic nitrogens is 3. The molecule has 1 heterocycles. The average molecular weight is 633 g/mol. The molecule has 0 unspecified atom stereocenters. The van der Waals surface area contributed by atoms with Crippen LogP contribution in [0.15, 0.2) is 12.1 Å². The van der Waals surface area contributed by atoms with Crippen molar-refractivity contribution >= 4 is 41.6 Å². The molecule has 1 aromatic carbocycles. The van der Waals surface area contributed by atoms with Gasteiger partial charge in [0.15, 0.2) is 0 Å². The van der Waals surface area contributed by atoms with Crippen molar-refractivity contribution in [3.8, 4) is 5.69 Å². The van der Waals surface area contributed by atoms with Crippen molar-refractivity contribution in [1.82, 2.24) is 24.1 Å². The molecule has 0 radical (unpaired) electrons. The molecular formula is C31H57Cl2N5P2. The van der Waals surface area contributed by atoms with Crippen LogP contribution in [0.2, 0.25) is 0 Å². The molecule has 1 aromatic heterocycles. The molecule has 2 rings (SSSR count). The third kappa shape index (κ3) is 6.76. The Morgan fingerprint density at radius 1 is 0.675 bits per heavy atom. The second-order valence-electron chi connectivity index (χ2n) is 15.5. The molecule has 0 atom stereocenters. The molecule has 0 aliphatic rings. The number of benzene rings is 1. The summed E-state index contributed by atoms with van der Waals surface area (Å²) in [5.41, 5.74) is 0.782. The fourth-order valence-electron chi connectivity index (χ4n) is 5.97. The fraction of sp³-hybridized carbons (Fsp3) is 0.774. The molecule has 40 heavy (non-hydrogen) atoms. The summed E-state index contributed by atoms with van der Waals surface area (Å²) in [6, 6.07) is 5.19. The van der Waals surface area contributed by atoms with Crippen LogP contribution < -0.4 is 5.17 Å². The third-order valence-electron chi connectivity index (χ3n) is 7.43. The Balaban J connectivity index is 3.11. The summed E-state index contributed by atoms with van der Waals surface area (Å²) in [4.78, 5) is 0. The minimum atomic E-state index is -3.98. The summed E-state index contributed by atoms with van der Waals surface area (Å²) in [7, 11) is 0.803. The fourth-order valence-corrected chi connectivity index (χ4v) is 17.1. The zero-order chi connectivity index (χ0) is 31.4. The Labute approximate surface area is 257 Å². The van der Waals surface area contributed by atoms with Crippen molar-refractivity contribution in [2.24, 2.45) is 0 Å². The first-order chi connectivity index (χ1) is 17.8.